The molecule has 3 rings (SSSR count). The number of carbonyl (C=O) groups excluding carboxylic acids is 1. The van der Waals surface area contributed by atoms with Gasteiger partial charge in [0.15, 0.2) is 5.78 Å². The van der Waals surface area contributed by atoms with Gasteiger partial charge >= 0.3 is 0 Å². The summed E-state index contributed by atoms with van der Waals surface area (Å²) in [7, 11) is 0. The van der Waals surface area contributed by atoms with Crippen molar-refractivity contribution in [2.75, 3.05) is 0 Å². The van der Waals surface area contributed by atoms with Crippen LogP contribution in [0.5, 0.6) is 0 Å². The zero-order valence-corrected chi connectivity index (χ0v) is 11.6. The fourth-order valence-electron chi connectivity index (χ4n) is 2.57. The van der Waals surface area contributed by atoms with Crippen LogP contribution in [-0.2, 0) is 0 Å². The SMILES string of the molecule is Cc1cc(C)cc(C(=O)c2cccc3ccncc23)c1. The number of aromatic nitrogens is 1. The highest BCUT2D eigenvalue weighted by atomic mass is 16.1. The molecule has 1 heterocycles. The highest BCUT2D eigenvalue weighted by molar-refractivity contribution is 6.16. The summed E-state index contributed by atoms with van der Waals surface area (Å²) in [5.74, 6) is 0.0513. The minimum atomic E-state index is 0.0513. The van der Waals surface area contributed by atoms with Crippen LogP contribution in [0.25, 0.3) is 10.8 Å². The van der Waals surface area contributed by atoms with Gasteiger partial charge in [0.05, 0.1) is 0 Å². The maximum absolute atomic E-state index is 12.7. The van der Waals surface area contributed by atoms with E-state index in [-0.39, 0.29) is 5.78 Å². The van der Waals surface area contributed by atoms with Gasteiger partial charge in [-0.05, 0) is 37.4 Å². The van der Waals surface area contributed by atoms with Gasteiger partial charge in [0.25, 0.3) is 0 Å². The maximum atomic E-state index is 12.7. The van der Waals surface area contributed by atoms with E-state index >= 15 is 0 Å². The molecule has 0 saturated carbocycles. The van der Waals surface area contributed by atoms with E-state index in [4.69, 9.17) is 0 Å². The standard InChI is InChI=1S/C18H15NO/c1-12-8-13(2)10-15(9-12)18(20)16-5-3-4-14-6-7-19-11-17(14)16/h3-11H,1-2H3. The summed E-state index contributed by atoms with van der Waals surface area (Å²) in [6.07, 6.45) is 3.50. The molecular weight excluding hydrogens is 246 g/mol. The van der Waals surface area contributed by atoms with Crippen molar-refractivity contribution < 1.29 is 4.79 Å². The van der Waals surface area contributed by atoms with Crippen LogP contribution in [0.15, 0.2) is 54.9 Å². The summed E-state index contributed by atoms with van der Waals surface area (Å²) in [6.45, 7) is 4.02. The van der Waals surface area contributed by atoms with Gasteiger partial charge < -0.3 is 0 Å². The van der Waals surface area contributed by atoms with Gasteiger partial charge in [-0.3, -0.25) is 9.78 Å². The molecule has 2 aromatic carbocycles. The molecule has 0 unspecified atom stereocenters. The Labute approximate surface area is 118 Å². The molecule has 0 amide bonds. The fraction of sp³-hybridized carbons (Fsp3) is 0.111. The van der Waals surface area contributed by atoms with Crippen LogP contribution in [0.2, 0.25) is 0 Å². The van der Waals surface area contributed by atoms with E-state index in [0.29, 0.717) is 5.56 Å². The van der Waals surface area contributed by atoms with E-state index in [1.54, 1.807) is 12.4 Å². The number of aryl methyl sites for hydroxylation is 2. The topological polar surface area (TPSA) is 30.0 Å². The van der Waals surface area contributed by atoms with Gasteiger partial charge in [-0.2, -0.15) is 0 Å². The normalized spacial score (nSPS) is 10.7. The van der Waals surface area contributed by atoms with Crippen LogP contribution in [0.1, 0.15) is 27.0 Å². The largest absolute Gasteiger partial charge is 0.289 e. The molecule has 1 aromatic heterocycles. The highest BCUT2D eigenvalue weighted by Gasteiger charge is 2.13. The lowest BCUT2D eigenvalue weighted by atomic mass is 9.96. The summed E-state index contributed by atoms with van der Waals surface area (Å²) >= 11 is 0. The van der Waals surface area contributed by atoms with Crippen molar-refractivity contribution >= 4 is 16.6 Å². The van der Waals surface area contributed by atoms with Gasteiger partial charge in [0, 0.05) is 28.9 Å². The predicted octanol–water partition coefficient (Wildman–Crippen LogP) is 4.08. The molecular formula is C18H15NO. The van der Waals surface area contributed by atoms with Gasteiger partial charge in [-0.25, -0.2) is 0 Å². The average molecular weight is 261 g/mol. The van der Waals surface area contributed by atoms with Crippen molar-refractivity contribution in [3.05, 3.63) is 77.1 Å². The van der Waals surface area contributed by atoms with E-state index in [1.165, 1.54) is 0 Å². The van der Waals surface area contributed by atoms with E-state index in [0.717, 1.165) is 27.5 Å². The second-order valence-corrected chi connectivity index (χ2v) is 5.11. The first-order chi connectivity index (χ1) is 9.65. The van der Waals surface area contributed by atoms with Crippen LogP contribution < -0.4 is 0 Å². The molecule has 0 N–H and O–H groups in total. The average Bonchev–Trinajstić information content (AvgIpc) is 2.45. The Morgan fingerprint density at radius 3 is 2.50 bits per heavy atom. The first-order valence-electron chi connectivity index (χ1n) is 6.61. The van der Waals surface area contributed by atoms with Crippen LogP contribution in [0, 0.1) is 13.8 Å². The van der Waals surface area contributed by atoms with Crippen molar-refractivity contribution in [2.24, 2.45) is 0 Å². The lowest BCUT2D eigenvalue weighted by Gasteiger charge is -2.07. The predicted molar refractivity (Wildman–Crippen MR) is 81.1 cm³/mol. The quantitative estimate of drug-likeness (QED) is 0.650. The third kappa shape index (κ3) is 2.21. The van der Waals surface area contributed by atoms with E-state index < -0.39 is 0 Å². The molecule has 0 atom stereocenters. The Hall–Kier alpha value is -2.48. The molecule has 2 heteroatoms. The number of benzene rings is 2. The molecule has 20 heavy (non-hydrogen) atoms. The highest BCUT2D eigenvalue weighted by Crippen LogP contribution is 2.21. The Bertz CT molecular complexity index is 780. The summed E-state index contributed by atoms with van der Waals surface area (Å²) in [5, 5.41) is 1.94. The van der Waals surface area contributed by atoms with E-state index in [2.05, 4.69) is 11.1 Å². The molecule has 2 nitrogen and oxygen atoms in total. The molecule has 0 saturated heterocycles. The third-order valence-electron chi connectivity index (χ3n) is 3.41. The third-order valence-corrected chi connectivity index (χ3v) is 3.41. The molecule has 0 spiro atoms. The second kappa shape index (κ2) is 4.89. The van der Waals surface area contributed by atoms with Crippen LogP contribution in [-0.4, -0.2) is 10.8 Å². The smallest absolute Gasteiger partial charge is 0.193 e. The first-order valence-corrected chi connectivity index (χ1v) is 6.61. The molecule has 0 fully saturated rings. The summed E-state index contributed by atoms with van der Waals surface area (Å²) in [6, 6.07) is 13.6. The van der Waals surface area contributed by atoms with Gasteiger partial charge in [-0.1, -0.05) is 35.4 Å². The van der Waals surface area contributed by atoms with Crippen LogP contribution >= 0.6 is 0 Å². The van der Waals surface area contributed by atoms with E-state index in [9.17, 15) is 4.79 Å². The minimum Gasteiger partial charge on any atom is -0.289 e. The van der Waals surface area contributed by atoms with Crippen molar-refractivity contribution in [1.82, 2.24) is 4.98 Å². The number of hydrogen-bond acceptors (Lipinski definition) is 2. The summed E-state index contributed by atoms with van der Waals surface area (Å²) in [4.78, 5) is 16.9. The van der Waals surface area contributed by atoms with Gasteiger partial charge in [-0.15, -0.1) is 0 Å². The number of carbonyl (C=O) groups is 1. The zero-order valence-electron chi connectivity index (χ0n) is 11.6. The zero-order chi connectivity index (χ0) is 14.1. The molecule has 3 aromatic rings. The Morgan fingerprint density at radius 1 is 1.00 bits per heavy atom. The molecule has 0 aliphatic heterocycles. The number of nitrogens with zero attached hydrogens (tertiary/aromatic N) is 1. The lowest BCUT2D eigenvalue weighted by molar-refractivity contribution is 0.104. The van der Waals surface area contributed by atoms with Crippen LogP contribution in [0.3, 0.4) is 0 Å². The fourth-order valence-corrected chi connectivity index (χ4v) is 2.57. The van der Waals surface area contributed by atoms with Crippen LogP contribution in [0.4, 0.5) is 0 Å². The summed E-state index contributed by atoms with van der Waals surface area (Å²) < 4.78 is 0. The second-order valence-electron chi connectivity index (χ2n) is 5.11. The van der Waals surface area contributed by atoms with Crippen molar-refractivity contribution in [1.29, 1.82) is 0 Å². The Kier molecular flexibility index (Phi) is 3.07. The van der Waals surface area contributed by atoms with E-state index in [1.807, 2.05) is 50.2 Å². The number of pyridine rings is 1. The summed E-state index contributed by atoms with van der Waals surface area (Å²) in [5.41, 5.74) is 3.65. The van der Waals surface area contributed by atoms with Crippen molar-refractivity contribution in [3.63, 3.8) is 0 Å². The first kappa shape index (κ1) is 12.5. The Balaban J connectivity index is 2.17. The maximum Gasteiger partial charge on any atom is 0.193 e. The van der Waals surface area contributed by atoms with Crippen molar-refractivity contribution in [2.45, 2.75) is 13.8 Å². The molecule has 0 bridgehead atoms. The van der Waals surface area contributed by atoms with Gasteiger partial charge in [0.1, 0.15) is 0 Å². The monoisotopic (exact) mass is 261 g/mol. The number of fused-ring (bicyclic) bond motifs is 1. The number of rotatable bonds is 2. The molecule has 0 aliphatic rings. The molecule has 0 aliphatic carbocycles. The molecule has 0 radical (unpaired) electrons. The Morgan fingerprint density at radius 2 is 1.75 bits per heavy atom. The molecule has 98 valence electrons. The van der Waals surface area contributed by atoms with Gasteiger partial charge in [0.2, 0.25) is 0 Å². The minimum absolute atomic E-state index is 0.0513. The van der Waals surface area contributed by atoms with Crippen molar-refractivity contribution in [3.8, 4) is 0 Å². The lowest BCUT2D eigenvalue weighted by Crippen LogP contribution is -2.03. The number of hydrogen-bond donors (Lipinski definition) is 0. The number of ketones is 1.